The summed E-state index contributed by atoms with van der Waals surface area (Å²) in [6, 6.07) is 8.16. The average Bonchev–Trinajstić information content (AvgIpc) is 3.14. The molecule has 1 saturated carbocycles. The molecule has 1 fully saturated rings. The molecule has 0 radical (unpaired) electrons. The summed E-state index contributed by atoms with van der Waals surface area (Å²) >= 11 is 0. The van der Waals surface area contributed by atoms with Gasteiger partial charge in [-0.25, -0.2) is 4.98 Å². The van der Waals surface area contributed by atoms with Crippen LogP contribution in [0.3, 0.4) is 0 Å². The number of hydrogen-bond acceptors (Lipinski definition) is 3. The maximum atomic E-state index is 9.60. The molecule has 3 aromatic rings. The number of aromatic nitrogens is 4. The van der Waals surface area contributed by atoms with Crippen LogP contribution in [0.2, 0.25) is 0 Å². The van der Waals surface area contributed by atoms with Crippen LogP contribution in [0.25, 0.3) is 22.3 Å². The van der Waals surface area contributed by atoms with E-state index >= 15 is 0 Å². The van der Waals surface area contributed by atoms with E-state index in [0.717, 1.165) is 53.8 Å². The van der Waals surface area contributed by atoms with Gasteiger partial charge >= 0.3 is 0 Å². The highest BCUT2D eigenvalue weighted by atomic mass is 16.3. The van der Waals surface area contributed by atoms with Gasteiger partial charge in [0.15, 0.2) is 5.82 Å². The molecule has 1 aliphatic rings. The number of aliphatic hydroxyl groups is 1. The molecule has 0 bridgehead atoms. The number of hydrogen-bond donors (Lipinski definition) is 3. The van der Waals surface area contributed by atoms with Crippen molar-refractivity contribution in [2.75, 3.05) is 0 Å². The van der Waals surface area contributed by atoms with Crippen molar-refractivity contribution in [2.24, 2.45) is 0 Å². The molecule has 0 unspecified atom stereocenters. The van der Waals surface area contributed by atoms with Crippen LogP contribution in [0.4, 0.5) is 0 Å². The fourth-order valence-corrected chi connectivity index (χ4v) is 3.18. The van der Waals surface area contributed by atoms with Crippen molar-refractivity contribution in [2.45, 2.75) is 37.7 Å². The van der Waals surface area contributed by atoms with Gasteiger partial charge in [0, 0.05) is 28.6 Å². The summed E-state index contributed by atoms with van der Waals surface area (Å²) in [6.45, 7) is 0. The van der Waals surface area contributed by atoms with Gasteiger partial charge in [-0.1, -0.05) is 18.2 Å². The van der Waals surface area contributed by atoms with Crippen LogP contribution in [0, 0.1) is 0 Å². The lowest BCUT2D eigenvalue weighted by molar-refractivity contribution is 0.121. The third-order valence-electron chi connectivity index (χ3n) is 4.42. The summed E-state index contributed by atoms with van der Waals surface area (Å²) in [5, 5.41) is 18.2. The van der Waals surface area contributed by atoms with Gasteiger partial charge in [-0.2, -0.15) is 5.10 Å². The van der Waals surface area contributed by atoms with Crippen LogP contribution in [-0.4, -0.2) is 31.4 Å². The molecule has 0 atom stereocenters. The van der Waals surface area contributed by atoms with Crippen molar-refractivity contribution >= 4 is 10.9 Å². The minimum atomic E-state index is -0.141. The van der Waals surface area contributed by atoms with Crippen LogP contribution >= 0.6 is 0 Å². The highest BCUT2D eigenvalue weighted by molar-refractivity contribution is 5.93. The van der Waals surface area contributed by atoms with E-state index in [9.17, 15) is 5.11 Å². The van der Waals surface area contributed by atoms with Gasteiger partial charge in [0.05, 0.1) is 6.10 Å². The molecular formula is C16H18N4O. The number of aromatic amines is 2. The molecule has 5 heteroatoms. The van der Waals surface area contributed by atoms with E-state index in [4.69, 9.17) is 0 Å². The molecular weight excluding hydrogens is 264 g/mol. The van der Waals surface area contributed by atoms with Crippen LogP contribution in [0.1, 0.15) is 37.4 Å². The van der Waals surface area contributed by atoms with E-state index in [-0.39, 0.29) is 6.10 Å². The van der Waals surface area contributed by atoms with Crippen molar-refractivity contribution in [1.82, 2.24) is 20.2 Å². The molecule has 0 spiro atoms. The van der Waals surface area contributed by atoms with Crippen LogP contribution < -0.4 is 0 Å². The van der Waals surface area contributed by atoms with Gasteiger partial charge in [-0.3, -0.25) is 5.10 Å². The molecule has 1 aromatic carbocycles. The van der Waals surface area contributed by atoms with Crippen LogP contribution in [-0.2, 0) is 0 Å². The van der Waals surface area contributed by atoms with Crippen molar-refractivity contribution in [3.63, 3.8) is 0 Å². The maximum Gasteiger partial charge on any atom is 0.183 e. The molecule has 1 aliphatic carbocycles. The smallest absolute Gasteiger partial charge is 0.183 e. The lowest BCUT2D eigenvalue weighted by atomic mass is 9.87. The minimum Gasteiger partial charge on any atom is -0.393 e. The molecule has 108 valence electrons. The largest absolute Gasteiger partial charge is 0.393 e. The first-order valence-electron chi connectivity index (χ1n) is 7.48. The minimum absolute atomic E-state index is 0.141. The summed E-state index contributed by atoms with van der Waals surface area (Å²) in [5.74, 6) is 2.08. The first kappa shape index (κ1) is 12.6. The average molecular weight is 282 g/mol. The fourth-order valence-electron chi connectivity index (χ4n) is 3.18. The van der Waals surface area contributed by atoms with Crippen LogP contribution in [0.15, 0.2) is 30.5 Å². The molecule has 0 amide bonds. The second kappa shape index (κ2) is 5.00. The van der Waals surface area contributed by atoms with Gasteiger partial charge < -0.3 is 10.1 Å². The molecule has 4 rings (SSSR count). The number of nitrogens with zero attached hydrogens (tertiary/aromatic N) is 2. The molecule has 3 N–H and O–H groups in total. The number of para-hydroxylation sites is 1. The monoisotopic (exact) mass is 282 g/mol. The number of rotatable bonds is 2. The molecule has 0 aliphatic heterocycles. The summed E-state index contributed by atoms with van der Waals surface area (Å²) in [4.78, 5) is 7.94. The Morgan fingerprint density at radius 2 is 1.90 bits per heavy atom. The Morgan fingerprint density at radius 1 is 1.10 bits per heavy atom. The van der Waals surface area contributed by atoms with Crippen molar-refractivity contribution in [3.8, 4) is 11.4 Å². The fraction of sp³-hybridized carbons (Fsp3) is 0.375. The third kappa shape index (κ3) is 2.23. The molecule has 21 heavy (non-hydrogen) atoms. The lowest BCUT2D eigenvalue weighted by Crippen LogP contribution is -2.17. The zero-order valence-electron chi connectivity index (χ0n) is 11.7. The van der Waals surface area contributed by atoms with E-state index in [1.54, 1.807) is 0 Å². The highest BCUT2D eigenvalue weighted by Gasteiger charge is 2.24. The van der Waals surface area contributed by atoms with Crippen molar-refractivity contribution in [3.05, 3.63) is 36.3 Å². The summed E-state index contributed by atoms with van der Waals surface area (Å²) < 4.78 is 0. The normalized spacial score (nSPS) is 22.7. The SMILES string of the molecule is OC1CCC(c2nc(-c3c[nH]c4ccccc34)n[nH]2)CC1. The quantitative estimate of drug-likeness (QED) is 0.676. The Balaban J connectivity index is 1.65. The van der Waals surface area contributed by atoms with E-state index in [0.29, 0.717) is 5.92 Å². The third-order valence-corrected chi connectivity index (χ3v) is 4.42. The topological polar surface area (TPSA) is 77.6 Å². The number of nitrogens with one attached hydrogen (secondary N) is 2. The van der Waals surface area contributed by atoms with Crippen LogP contribution in [0.5, 0.6) is 0 Å². The number of aliphatic hydroxyl groups excluding tert-OH is 1. The number of H-pyrrole nitrogens is 2. The summed E-state index contributed by atoms with van der Waals surface area (Å²) in [5.41, 5.74) is 2.13. The Labute approximate surface area is 122 Å². The van der Waals surface area contributed by atoms with E-state index in [1.807, 2.05) is 18.3 Å². The number of fused-ring (bicyclic) bond motifs is 1. The van der Waals surface area contributed by atoms with Gasteiger partial charge in [-0.05, 0) is 31.7 Å². The van der Waals surface area contributed by atoms with E-state index in [1.165, 1.54) is 0 Å². The second-order valence-electron chi connectivity index (χ2n) is 5.80. The second-order valence-corrected chi connectivity index (χ2v) is 5.80. The maximum absolute atomic E-state index is 9.60. The van der Waals surface area contributed by atoms with Gasteiger partial charge in [0.25, 0.3) is 0 Å². The first-order valence-corrected chi connectivity index (χ1v) is 7.48. The van der Waals surface area contributed by atoms with Crippen molar-refractivity contribution < 1.29 is 5.11 Å². The Bertz CT molecular complexity index is 752. The molecule has 2 aromatic heterocycles. The predicted molar refractivity (Wildman–Crippen MR) is 80.9 cm³/mol. The summed E-state index contributed by atoms with van der Waals surface area (Å²) in [6.07, 6.45) is 5.48. The summed E-state index contributed by atoms with van der Waals surface area (Å²) in [7, 11) is 0. The zero-order valence-corrected chi connectivity index (χ0v) is 11.7. The lowest BCUT2D eigenvalue weighted by Gasteiger charge is -2.23. The first-order chi connectivity index (χ1) is 10.3. The van der Waals surface area contributed by atoms with E-state index in [2.05, 4.69) is 32.3 Å². The van der Waals surface area contributed by atoms with E-state index < -0.39 is 0 Å². The highest BCUT2D eigenvalue weighted by Crippen LogP contribution is 2.32. The Morgan fingerprint density at radius 3 is 2.76 bits per heavy atom. The van der Waals surface area contributed by atoms with Crippen molar-refractivity contribution in [1.29, 1.82) is 0 Å². The van der Waals surface area contributed by atoms with Gasteiger partial charge in [0.1, 0.15) is 5.82 Å². The van der Waals surface area contributed by atoms with Gasteiger partial charge in [0.2, 0.25) is 0 Å². The van der Waals surface area contributed by atoms with Gasteiger partial charge in [-0.15, -0.1) is 0 Å². The predicted octanol–water partition coefficient (Wildman–Crippen LogP) is 2.97. The standard InChI is InChI=1S/C16H18N4O/c21-11-7-5-10(6-8-11)15-18-16(20-19-15)13-9-17-14-4-2-1-3-12(13)14/h1-4,9-11,17,21H,5-8H2,(H,18,19,20). The molecule has 0 saturated heterocycles. The number of benzene rings is 1. The Hall–Kier alpha value is -2.14. The Kier molecular flexibility index (Phi) is 3.00. The molecule has 5 nitrogen and oxygen atoms in total. The molecule has 2 heterocycles. The zero-order chi connectivity index (χ0) is 14.2.